The van der Waals surface area contributed by atoms with Crippen LogP contribution >= 0.6 is 0 Å². The Morgan fingerprint density at radius 2 is 1.86 bits per heavy atom. The van der Waals surface area contributed by atoms with Crippen LogP contribution in [0, 0.1) is 0 Å². The monoisotopic (exact) mass is 325 g/mol. The molecule has 1 aromatic carbocycles. The minimum Gasteiger partial charge on any atom is -0.354 e. The number of sulfonamides is 1. The van der Waals surface area contributed by atoms with Gasteiger partial charge in [-0.1, -0.05) is 0 Å². The third kappa shape index (κ3) is 3.45. The summed E-state index contributed by atoms with van der Waals surface area (Å²) in [7, 11) is -0.617. The molecule has 0 saturated carbocycles. The van der Waals surface area contributed by atoms with E-state index in [2.05, 4.69) is 5.32 Å². The molecule has 120 valence electrons. The zero-order valence-electron chi connectivity index (χ0n) is 12.6. The second kappa shape index (κ2) is 6.45. The van der Waals surface area contributed by atoms with Crippen molar-refractivity contribution in [1.82, 2.24) is 14.5 Å². The number of rotatable bonds is 3. The molecule has 0 aromatic heterocycles. The van der Waals surface area contributed by atoms with Crippen LogP contribution in [0.15, 0.2) is 29.2 Å². The van der Waals surface area contributed by atoms with E-state index in [0.717, 1.165) is 4.31 Å². The first-order chi connectivity index (χ1) is 10.3. The van der Waals surface area contributed by atoms with E-state index in [1.165, 1.54) is 43.3 Å². The number of hydrogen-bond donors (Lipinski definition) is 1. The summed E-state index contributed by atoms with van der Waals surface area (Å²) in [6.07, 6.45) is 0.699. The predicted molar refractivity (Wildman–Crippen MR) is 80.8 cm³/mol. The van der Waals surface area contributed by atoms with Crippen molar-refractivity contribution in [3.8, 4) is 0 Å². The number of benzene rings is 1. The van der Waals surface area contributed by atoms with Crippen LogP contribution in [0.25, 0.3) is 0 Å². The van der Waals surface area contributed by atoms with E-state index in [9.17, 15) is 18.0 Å². The van der Waals surface area contributed by atoms with Crippen molar-refractivity contribution in [2.45, 2.75) is 11.3 Å². The third-order valence-electron chi connectivity index (χ3n) is 3.43. The molecule has 0 radical (unpaired) electrons. The quantitative estimate of drug-likeness (QED) is 0.841. The van der Waals surface area contributed by atoms with E-state index in [1.807, 2.05) is 0 Å². The molecule has 1 aliphatic heterocycles. The van der Waals surface area contributed by atoms with Gasteiger partial charge < -0.3 is 10.2 Å². The number of carbonyl (C=O) groups excluding carboxylic acids is 2. The molecule has 0 spiro atoms. The molecule has 7 nitrogen and oxygen atoms in total. The van der Waals surface area contributed by atoms with Crippen LogP contribution in [0.5, 0.6) is 0 Å². The molecule has 1 aromatic rings. The van der Waals surface area contributed by atoms with Crippen molar-refractivity contribution in [2.75, 3.05) is 33.7 Å². The van der Waals surface area contributed by atoms with Gasteiger partial charge in [0.1, 0.15) is 0 Å². The second-order valence-electron chi connectivity index (χ2n) is 5.24. The molecule has 1 heterocycles. The third-order valence-corrected chi connectivity index (χ3v) is 5.26. The smallest absolute Gasteiger partial charge is 0.254 e. The van der Waals surface area contributed by atoms with Gasteiger partial charge in [0.15, 0.2) is 0 Å². The molecule has 8 heteroatoms. The first-order valence-corrected chi connectivity index (χ1v) is 8.35. The molecule has 2 rings (SSSR count). The first-order valence-electron chi connectivity index (χ1n) is 6.91. The largest absolute Gasteiger partial charge is 0.354 e. The van der Waals surface area contributed by atoms with E-state index in [1.54, 1.807) is 0 Å². The summed E-state index contributed by atoms with van der Waals surface area (Å²) in [5.41, 5.74) is 0.368. The van der Waals surface area contributed by atoms with E-state index < -0.39 is 10.0 Å². The number of carbonyl (C=O) groups is 2. The number of nitrogens with zero attached hydrogens (tertiary/aromatic N) is 2. The van der Waals surface area contributed by atoms with Crippen LogP contribution < -0.4 is 5.32 Å². The minimum absolute atomic E-state index is 0.0244. The van der Waals surface area contributed by atoms with Crippen molar-refractivity contribution in [1.29, 1.82) is 0 Å². The lowest BCUT2D eigenvalue weighted by Crippen LogP contribution is -2.37. The van der Waals surface area contributed by atoms with Crippen molar-refractivity contribution in [2.24, 2.45) is 0 Å². The molecule has 1 fully saturated rings. The summed E-state index contributed by atoms with van der Waals surface area (Å²) in [4.78, 5) is 25.5. The maximum absolute atomic E-state index is 12.4. The van der Waals surface area contributed by atoms with Gasteiger partial charge in [-0.15, -0.1) is 0 Å². The molecule has 1 aliphatic rings. The summed E-state index contributed by atoms with van der Waals surface area (Å²) >= 11 is 0. The van der Waals surface area contributed by atoms with Crippen molar-refractivity contribution < 1.29 is 18.0 Å². The van der Waals surface area contributed by atoms with Crippen LogP contribution in [0.3, 0.4) is 0 Å². The van der Waals surface area contributed by atoms with Gasteiger partial charge in [0.2, 0.25) is 15.9 Å². The van der Waals surface area contributed by atoms with Gasteiger partial charge >= 0.3 is 0 Å². The zero-order valence-corrected chi connectivity index (χ0v) is 13.4. The Kier molecular flexibility index (Phi) is 4.82. The molecule has 2 amide bonds. The van der Waals surface area contributed by atoms with E-state index in [-0.39, 0.29) is 23.3 Å². The van der Waals surface area contributed by atoms with Crippen LogP contribution in [0.1, 0.15) is 16.8 Å². The van der Waals surface area contributed by atoms with E-state index >= 15 is 0 Å². The van der Waals surface area contributed by atoms with E-state index in [0.29, 0.717) is 25.1 Å². The summed E-state index contributed by atoms with van der Waals surface area (Å²) < 4.78 is 25.1. The number of hydrogen-bond acceptors (Lipinski definition) is 4. The van der Waals surface area contributed by atoms with Crippen LogP contribution in [0.4, 0.5) is 0 Å². The lowest BCUT2D eigenvalue weighted by molar-refractivity contribution is -0.121. The SMILES string of the molecule is CN(C)S(=O)(=O)c1ccc(C(=O)N2CCCNC(=O)C2)cc1. The highest BCUT2D eigenvalue weighted by atomic mass is 32.2. The molecule has 0 atom stereocenters. The van der Waals surface area contributed by atoms with Crippen LogP contribution in [0.2, 0.25) is 0 Å². The van der Waals surface area contributed by atoms with Crippen molar-refractivity contribution in [3.05, 3.63) is 29.8 Å². The van der Waals surface area contributed by atoms with Crippen LogP contribution in [-0.2, 0) is 14.8 Å². The number of amides is 2. The van der Waals surface area contributed by atoms with Gasteiger partial charge in [-0.05, 0) is 30.7 Å². The molecule has 1 saturated heterocycles. The zero-order chi connectivity index (χ0) is 16.3. The topological polar surface area (TPSA) is 86.8 Å². The summed E-state index contributed by atoms with van der Waals surface area (Å²) in [5.74, 6) is -0.455. The second-order valence-corrected chi connectivity index (χ2v) is 7.39. The fraction of sp³-hybridized carbons (Fsp3) is 0.429. The maximum Gasteiger partial charge on any atom is 0.254 e. The molecule has 0 bridgehead atoms. The summed E-state index contributed by atoms with van der Waals surface area (Å²) in [5, 5.41) is 2.70. The average molecular weight is 325 g/mol. The molecular formula is C14H19N3O4S. The van der Waals surface area contributed by atoms with Crippen molar-refractivity contribution >= 4 is 21.8 Å². The Balaban J connectivity index is 2.19. The Morgan fingerprint density at radius 1 is 1.23 bits per heavy atom. The first kappa shape index (κ1) is 16.4. The van der Waals surface area contributed by atoms with Crippen LogP contribution in [-0.4, -0.2) is 63.2 Å². The molecule has 0 aliphatic carbocycles. The lowest BCUT2D eigenvalue weighted by Gasteiger charge is -2.19. The van der Waals surface area contributed by atoms with Gasteiger partial charge in [-0.25, -0.2) is 12.7 Å². The summed E-state index contributed by atoms with van der Waals surface area (Å²) in [6.45, 7) is 1.08. The van der Waals surface area contributed by atoms with Gasteiger partial charge in [-0.2, -0.15) is 0 Å². The fourth-order valence-corrected chi connectivity index (χ4v) is 3.04. The number of nitrogens with one attached hydrogen (secondary N) is 1. The highest BCUT2D eigenvalue weighted by molar-refractivity contribution is 7.89. The molecule has 0 unspecified atom stereocenters. The fourth-order valence-electron chi connectivity index (χ4n) is 2.14. The van der Waals surface area contributed by atoms with Gasteiger partial charge in [0.05, 0.1) is 11.4 Å². The normalized spacial score (nSPS) is 16.3. The Morgan fingerprint density at radius 3 is 2.45 bits per heavy atom. The van der Waals surface area contributed by atoms with Gasteiger partial charge in [-0.3, -0.25) is 9.59 Å². The maximum atomic E-state index is 12.4. The van der Waals surface area contributed by atoms with Gasteiger partial charge in [0.25, 0.3) is 5.91 Å². The highest BCUT2D eigenvalue weighted by Gasteiger charge is 2.22. The summed E-state index contributed by atoms with van der Waals surface area (Å²) in [6, 6.07) is 5.75. The molecule has 1 N–H and O–H groups in total. The Labute approximate surface area is 129 Å². The Hall–Kier alpha value is -1.93. The minimum atomic E-state index is -3.51. The predicted octanol–water partition coefficient (Wildman–Crippen LogP) is -0.101. The molecular weight excluding hydrogens is 306 g/mol. The average Bonchev–Trinajstić information content (AvgIpc) is 2.71. The highest BCUT2D eigenvalue weighted by Crippen LogP contribution is 2.15. The lowest BCUT2D eigenvalue weighted by atomic mass is 10.2. The van der Waals surface area contributed by atoms with Gasteiger partial charge in [0, 0.05) is 32.7 Å². The van der Waals surface area contributed by atoms with Crippen molar-refractivity contribution in [3.63, 3.8) is 0 Å². The van der Waals surface area contributed by atoms with E-state index in [4.69, 9.17) is 0 Å². The molecule has 22 heavy (non-hydrogen) atoms. The Bertz CT molecular complexity index is 668. The standard InChI is InChI=1S/C14H19N3O4S/c1-16(2)22(20,21)12-6-4-11(5-7-12)14(19)17-9-3-8-15-13(18)10-17/h4-7H,3,8-10H2,1-2H3,(H,15,18).